The van der Waals surface area contributed by atoms with Crippen molar-refractivity contribution in [3.63, 3.8) is 0 Å². The third-order valence-corrected chi connectivity index (χ3v) is 5.17. The van der Waals surface area contributed by atoms with Crippen LogP contribution in [0.5, 0.6) is 0 Å². The fraction of sp³-hybridized carbons (Fsp3) is 0.500. The van der Waals surface area contributed by atoms with E-state index in [9.17, 15) is 0 Å². The first-order valence-corrected chi connectivity index (χ1v) is 7.75. The van der Waals surface area contributed by atoms with Gasteiger partial charge in [-0.1, -0.05) is 25.2 Å². The van der Waals surface area contributed by atoms with Gasteiger partial charge in [0.2, 0.25) is 0 Å². The highest BCUT2D eigenvalue weighted by atomic mass is 32.2. The van der Waals surface area contributed by atoms with Gasteiger partial charge in [0.1, 0.15) is 4.99 Å². The van der Waals surface area contributed by atoms with Gasteiger partial charge < -0.3 is 10.6 Å². The predicted molar refractivity (Wildman–Crippen MR) is 85.8 cm³/mol. The summed E-state index contributed by atoms with van der Waals surface area (Å²) < 4.78 is 0. The molecule has 0 spiro atoms. The van der Waals surface area contributed by atoms with Gasteiger partial charge in [0, 0.05) is 34.8 Å². The van der Waals surface area contributed by atoms with Gasteiger partial charge >= 0.3 is 0 Å². The molecule has 1 aromatic carbocycles. The van der Waals surface area contributed by atoms with Crippen molar-refractivity contribution in [2.75, 3.05) is 17.2 Å². The van der Waals surface area contributed by atoms with E-state index >= 15 is 0 Å². The normalized spacial score (nSPS) is 24.1. The Morgan fingerprint density at radius 2 is 2.17 bits per heavy atom. The maximum atomic E-state index is 5.85. The fourth-order valence-corrected chi connectivity index (χ4v) is 3.63. The minimum atomic E-state index is 0.489. The smallest absolute Gasteiger partial charge is 0.106 e. The molecule has 1 aromatic rings. The Labute approximate surface area is 119 Å². The van der Waals surface area contributed by atoms with Crippen molar-refractivity contribution in [1.82, 2.24) is 0 Å². The van der Waals surface area contributed by atoms with Crippen LogP contribution in [0.3, 0.4) is 0 Å². The number of hydrogen-bond acceptors (Lipinski definition) is 3. The molecular formula is C14H20N2S2. The van der Waals surface area contributed by atoms with E-state index in [1.165, 1.54) is 11.3 Å². The van der Waals surface area contributed by atoms with Crippen molar-refractivity contribution in [2.24, 2.45) is 5.73 Å². The highest BCUT2D eigenvalue weighted by Crippen LogP contribution is 2.31. The van der Waals surface area contributed by atoms with Crippen LogP contribution in [0, 0.1) is 6.92 Å². The molecule has 2 atom stereocenters. The number of hydrogen-bond donors (Lipinski definition) is 1. The third-order valence-electron chi connectivity index (χ3n) is 3.61. The SMILES string of the molecule is Cc1ccc(C(N)=S)c(N2CCSC(C)C2C)c1. The minimum absolute atomic E-state index is 0.489. The quantitative estimate of drug-likeness (QED) is 0.843. The number of nitrogens with zero attached hydrogens (tertiary/aromatic N) is 1. The van der Waals surface area contributed by atoms with Crippen LogP contribution < -0.4 is 10.6 Å². The number of aryl methyl sites for hydroxylation is 1. The van der Waals surface area contributed by atoms with Gasteiger partial charge in [-0.2, -0.15) is 11.8 Å². The summed E-state index contributed by atoms with van der Waals surface area (Å²) in [4.78, 5) is 2.94. The molecule has 2 nitrogen and oxygen atoms in total. The van der Waals surface area contributed by atoms with Crippen molar-refractivity contribution in [2.45, 2.75) is 32.1 Å². The van der Waals surface area contributed by atoms with E-state index in [-0.39, 0.29) is 0 Å². The number of benzene rings is 1. The number of nitrogens with two attached hydrogens (primary N) is 1. The summed E-state index contributed by atoms with van der Waals surface area (Å²) >= 11 is 7.21. The molecule has 0 aliphatic carbocycles. The molecule has 1 saturated heterocycles. The second-order valence-electron chi connectivity index (χ2n) is 4.89. The average molecular weight is 280 g/mol. The molecule has 2 rings (SSSR count). The Balaban J connectivity index is 2.42. The van der Waals surface area contributed by atoms with E-state index in [1.807, 2.05) is 17.8 Å². The minimum Gasteiger partial charge on any atom is -0.389 e. The van der Waals surface area contributed by atoms with Gasteiger partial charge in [0.25, 0.3) is 0 Å². The Morgan fingerprint density at radius 3 is 2.83 bits per heavy atom. The van der Waals surface area contributed by atoms with Crippen LogP contribution in [0.1, 0.15) is 25.0 Å². The monoisotopic (exact) mass is 280 g/mol. The van der Waals surface area contributed by atoms with Crippen molar-refractivity contribution in [3.05, 3.63) is 29.3 Å². The molecule has 4 heteroatoms. The van der Waals surface area contributed by atoms with E-state index in [0.29, 0.717) is 16.3 Å². The van der Waals surface area contributed by atoms with Crippen molar-refractivity contribution >= 4 is 34.7 Å². The molecule has 0 radical (unpaired) electrons. The lowest BCUT2D eigenvalue weighted by molar-refractivity contribution is 0.627. The van der Waals surface area contributed by atoms with Crippen molar-refractivity contribution in [3.8, 4) is 0 Å². The summed E-state index contributed by atoms with van der Waals surface area (Å²) in [6, 6.07) is 6.84. The van der Waals surface area contributed by atoms with Crippen molar-refractivity contribution < 1.29 is 0 Å². The number of anilines is 1. The molecule has 2 N–H and O–H groups in total. The van der Waals surface area contributed by atoms with E-state index in [0.717, 1.165) is 17.9 Å². The van der Waals surface area contributed by atoms with Gasteiger partial charge in [-0.15, -0.1) is 0 Å². The zero-order valence-electron chi connectivity index (χ0n) is 11.1. The number of thiocarbonyl (C=S) groups is 1. The summed E-state index contributed by atoms with van der Waals surface area (Å²) in [6.45, 7) is 7.75. The van der Waals surface area contributed by atoms with E-state index in [1.54, 1.807) is 0 Å². The second kappa shape index (κ2) is 5.49. The fourth-order valence-electron chi connectivity index (χ4n) is 2.36. The lowest BCUT2D eigenvalue weighted by Gasteiger charge is -2.40. The first kappa shape index (κ1) is 13.7. The largest absolute Gasteiger partial charge is 0.389 e. The average Bonchev–Trinajstić information content (AvgIpc) is 2.32. The molecule has 0 aromatic heterocycles. The summed E-state index contributed by atoms with van der Waals surface area (Å²) in [5.74, 6) is 1.16. The van der Waals surface area contributed by atoms with Crippen LogP contribution >= 0.6 is 24.0 Å². The Morgan fingerprint density at radius 1 is 1.44 bits per heavy atom. The van der Waals surface area contributed by atoms with Crippen LogP contribution in [-0.4, -0.2) is 28.6 Å². The summed E-state index contributed by atoms with van der Waals surface area (Å²) in [5, 5.41) is 0.637. The van der Waals surface area contributed by atoms with Crippen LogP contribution in [0.2, 0.25) is 0 Å². The van der Waals surface area contributed by atoms with Gasteiger partial charge in [-0.25, -0.2) is 0 Å². The molecule has 18 heavy (non-hydrogen) atoms. The molecule has 1 heterocycles. The van der Waals surface area contributed by atoms with E-state index < -0.39 is 0 Å². The van der Waals surface area contributed by atoms with Gasteiger partial charge in [0.15, 0.2) is 0 Å². The lowest BCUT2D eigenvalue weighted by atomic mass is 10.1. The third kappa shape index (κ3) is 2.64. The molecule has 98 valence electrons. The maximum Gasteiger partial charge on any atom is 0.106 e. The molecule has 1 aliphatic heterocycles. The molecule has 1 fully saturated rings. The highest BCUT2D eigenvalue weighted by molar-refractivity contribution is 8.00. The molecular weight excluding hydrogens is 260 g/mol. The first-order valence-electron chi connectivity index (χ1n) is 6.29. The molecule has 0 amide bonds. The van der Waals surface area contributed by atoms with Crippen molar-refractivity contribution in [1.29, 1.82) is 0 Å². The highest BCUT2D eigenvalue weighted by Gasteiger charge is 2.27. The topological polar surface area (TPSA) is 29.3 Å². The summed E-state index contributed by atoms with van der Waals surface area (Å²) in [6.07, 6.45) is 0. The molecule has 0 saturated carbocycles. The van der Waals surface area contributed by atoms with E-state index in [4.69, 9.17) is 18.0 Å². The predicted octanol–water partition coefficient (Wildman–Crippen LogP) is 2.96. The van der Waals surface area contributed by atoms with Crippen LogP contribution in [0.15, 0.2) is 18.2 Å². The lowest BCUT2D eigenvalue weighted by Crippen LogP contribution is -2.45. The molecule has 2 unspecified atom stereocenters. The van der Waals surface area contributed by atoms with Crippen LogP contribution in [0.25, 0.3) is 0 Å². The number of thioether (sulfide) groups is 1. The van der Waals surface area contributed by atoms with Crippen LogP contribution in [0.4, 0.5) is 5.69 Å². The zero-order chi connectivity index (χ0) is 13.3. The van der Waals surface area contributed by atoms with Gasteiger partial charge in [-0.05, 0) is 31.5 Å². The van der Waals surface area contributed by atoms with Crippen LogP contribution in [-0.2, 0) is 0 Å². The van der Waals surface area contributed by atoms with Gasteiger partial charge in [-0.3, -0.25) is 0 Å². The Kier molecular flexibility index (Phi) is 4.17. The first-order chi connectivity index (χ1) is 8.50. The maximum absolute atomic E-state index is 5.85. The zero-order valence-corrected chi connectivity index (χ0v) is 12.8. The standard InChI is InChI=1S/C14H20N2S2/c1-9-4-5-12(14(15)17)13(8-9)16-6-7-18-11(3)10(16)2/h4-5,8,10-11H,6-7H2,1-3H3,(H2,15,17). The second-order valence-corrected chi connectivity index (χ2v) is 6.82. The number of rotatable bonds is 2. The molecule has 0 bridgehead atoms. The Hall–Kier alpha value is -0.740. The summed E-state index contributed by atoms with van der Waals surface area (Å²) in [5.41, 5.74) is 9.30. The Bertz CT molecular complexity index is 459. The van der Waals surface area contributed by atoms with E-state index in [2.05, 4.69) is 37.8 Å². The van der Waals surface area contributed by atoms with Gasteiger partial charge in [0.05, 0.1) is 0 Å². The molecule has 1 aliphatic rings. The summed E-state index contributed by atoms with van der Waals surface area (Å²) in [7, 11) is 0.